The van der Waals surface area contributed by atoms with Crippen molar-refractivity contribution in [1.29, 1.82) is 0 Å². The van der Waals surface area contributed by atoms with E-state index in [-0.39, 0.29) is 47.3 Å². The van der Waals surface area contributed by atoms with E-state index < -0.39 is 51.0 Å². The molecule has 1 aromatic rings. The molecule has 0 fully saturated rings. The first kappa shape index (κ1) is 35.8. The number of hydrogen-bond acceptors (Lipinski definition) is 7. The third kappa shape index (κ3) is 5.23. The predicted octanol–water partition coefficient (Wildman–Crippen LogP) is 8.65. The topological polar surface area (TPSA) is 132 Å². The molecule has 1 aromatic carbocycles. The third-order valence-corrected chi connectivity index (χ3v) is 11.8. The number of carbonyl (C=O) groups is 3. The van der Waals surface area contributed by atoms with E-state index in [0.29, 0.717) is 29.4 Å². The van der Waals surface area contributed by atoms with E-state index >= 15 is 0 Å². The van der Waals surface area contributed by atoms with Crippen molar-refractivity contribution in [1.82, 2.24) is 0 Å². The Morgan fingerprint density at radius 2 is 1.62 bits per heavy atom. The first-order valence-corrected chi connectivity index (χ1v) is 17.7. The number of carbonyl (C=O) groups excluding carboxylic acids is 3. The van der Waals surface area contributed by atoms with Crippen molar-refractivity contribution >= 4 is 22.9 Å². The van der Waals surface area contributed by atoms with E-state index in [1.165, 1.54) is 12.0 Å². The Balaban J connectivity index is 1.64. The van der Waals surface area contributed by atoms with Gasteiger partial charge in [0.05, 0.1) is 5.56 Å². The Kier molecular flexibility index (Phi) is 9.08. The first-order valence-electron chi connectivity index (χ1n) is 17.7. The SMILES string of the molecule is CC(=O)C1=C(O)C(C(C)C)[C@@]2(C)C[C@@]3(C)Cc4c(C(C)C)cc(C5=CC=C(CC(C)CCC(C)C)C5)c(O)c4C(=O)C3=C(O)[C@@]2(O)C1=O. The minimum absolute atomic E-state index is 0.0139. The molecule has 0 bridgehead atoms. The molecule has 4 aliphatic rings. The molecule has 0 radical (unpaired) electrons. The van der Waals surface area contributed by atoms with Gasteiger partial charge in [-0.25, -0.2) is 0 Å². The number of aliphatic hydroxyl groups is 3. The molecule has 7 heteroatoms. The second kappa shape index (κ2) is 12.2. The number of aromatic hydroxyl groups is 1. The Labute approximate surface area is 285 Å². The minimum Gasteiger partial charge on any atom is -0.511 e. The highest BCUT2D eigenvalue weighted by atomic mass is 16.3. The van der Waals surface area contributed by atoms with Crippen molar-refractivity contribution in [2.45, 2.75) is 119 Å². The molecule has 4 N–H and O–H groups in total. The average Bonchev–Trinajstić information content (AvgIpc) is 3.41. The van der Waals surface area contributed by atoms with Crippen LogP contribution >= 0.6 is 0 Å². The van der Waals surface area contributed by atoms with Crippen molar-refractivity contribution < 1.29 is 34.8 Å². The van der Waals surface area contributed by atoms with Crippen molar-refractivity contribution in [3.05, 3.63) is 68.7 Å². The largest absolute Gasteiger partial charge is 0.511 e. The molecule has 260 valence electrons. The van der Waals surface area contributed by atoms with Gasteiger partial charge in [0.15, 0.2) is 17.2 Å². The number of allylic oxidation sites excluding steroid dienone is 6. The van der Waals surface area contributed by atoms with Gasteiger partial charge in [-0.2, -0.15) is 0 Å². The van der Waals surface area contributed by atoms with E-state index in [9.17, 15) is 34.8 Å². The highest BCUT2D eigenvalue weighted by Gasteiger charge is 2.71. The fourth-order valence-electron chi connectivity index (χ4n) is 9.66. The molecule has 0 heterocycles. The second-order valence-electron chi connectivity index (χ2n) is 16.8. The average molecular weight is 659 g/mol. The van der Waals surface area contributed by atoms with E-state index in [1.807, 2.05) is 32.9 Å². The Hall–Kier alpha value is -3.45. The summed E-state index contributed by atoms with van der Waals surface area (Å²) in [6.45, 7) is 19.2. The summed E-state index contributed by atoms with van der Waals surface area (Å²) in [4.78, 5) is 41.4. The minimum atomic E-state index is -2.62. The molecule has 4 aliphatic carbocycles. The highest BCUT2D eigenvalue weighted by Crippen LogP contribution is 2.65. The number of ketones is 3. The van der Waals surface area contributed by atoms with Gasteiger partial charge in [0.25, 0.3) is 0 Å². The molecular formula is C41H54O7. The highest BCUT2D eigenvalue weighted by molar-refractivity contribution is 6.25. The molecule has 0 saturated carbocycles. The maximum absolute atomic E-state index is 14.7. The van der Waals surface area contributed by atoms with Gasteiger partial charge in [-0.05, 0) is 79.0 Å². The van der Waals surface area contributed by atoms with Crippen LogP contribution in [0.3, 0.4) is 0 Å². The summed E-state index contributed by atoms with van der Waals surface area (Å²) in [5.74, 6) is -3.74. The van der Waals surface area contributed by atoms with Gasteiger partial charge in [0.2, 0.25) is 5.78 Å². The molecular weight excluding hydrogens is 604 g/mol. The number of phenolic OH excluding ortho intramolecular Hbond substituents is 1. The fourth-order valence-corrected chi connectivity index (χ4v) is 9.66. The summed E-state index contributed by atoms with van der Waals surface area (Å²) in [6, 6.07) is 2.00. The number of rotatable bonds is 9. The number of benzene rings is 1. The van der Waals surface area contributed by atoms with Crippen LogP contribution in [0.5, 0.6) is 5.75 Å². The van der Waals surface area contributed by atoms with Crippen LogP contribution in [0.15, 0.2) is 46.5 Å². The molecule has 2 unspecified atom stereocenters. The van der Waals surface area contributed by atoms with Crippen LogP contribution in [-0.4, -0.2) is 43.4 Å². The van der Waals surface area contributed by atoms with Gasteiger partial charge in [0.1, 0.15) is 22.8 Å². The molecule has 0 amide bonds. The zero-order valence-corrected chi connectivity index (χ0v) is 30.4. The molecule has 5 rings (SSSR count). The number of Topliss-reactive ketones (excluding diaryl/α,β-unsaturated/α-hetero) is 3. The Morgan fingerprint density at radius 3 is 2.19 bits per heavy atom. The van der Waals surface area contributed by atoms with E-state index in [1.54, 1.807) is 6.92 Å². The molecule has 5 atom stereocenters. The van der Waals surface area contributed by atoms with Crippen LogP contribution in [0.25, 0.3) is 5.57 Å². The lowest BCUT2D eigenvalue weighted by Crippen LogP contribution is -2.67. The Bertz CT molecular complexity index is 1720. The van der Waals surface area contributed by atoms with Crippen LogP contribution < -0.4 is 0 Å². The van der Waals surface area contributed by atoms with Gasteiger partial charge >= 0.3 is 0 Å². The summed E-state index contributed by atoms with van der Waals surface area (Å²) < 4.78 is 0. The molecule has 0 saturated heterocycles. The normalized spacial score (nSPS) is 29.3. The van der Waals surface area contributed by atoms with Crippen molar-refractivity contribution in [3.8, 4) is 5.75 Å². The Morgan fingerprint density at radius 1 is 0.979 bits per heavy atom. The number of hydrogen-bond donors (Lipinski definition) is 4. The monoisotopic (exact) mass is 658 g/mol. The smallest absolute Gasteiger partial charge is 0.209 e. The van der Waals surface area contributed by atoms with Gasteiger partial charge < -0.3 is 20.4 Å². The number of phenols is 1. The van der Waals surface area contributed by atoms with E-state index in [4.69, 9.17) is 0 Å². The zero-order valence-electron chi connectivity index (χ0n) is 30.4. The van der Waals surface area contributed by atoms with Gasteiger partial charge in [-0.3, -0.25) is 14.4 Å². The van der Waals surface area contributed by atoms with Crippen LogP contribution in [0.1, 0.15) is 134 Å². The first-order chi connectivity index (χ1) is 22.2. The predicted molar refractivity (Wildman–Crippen MR) is 188 cm³/mol. The lowest BCUT2D eigenvalue weighted by atomic mass is 9.44. The molecule has 48 heavy (non-hydrogen) atoms. The standard InChI is InChI=1S/C41H54O7/c1-20(2)11-12-23(7)15-25-13-14-26(16-25)28-17-27(21(3)4)29-18-39(9)19-40(10)32(22(5)6)35(44)30(24(8)42)37(46)41(40,48)38(47)33(39)36(45)31(29)34(28)43/h13-14,17,20-23,32,43-44,47-48H,11-12,15-16,18-19H2,1-10H3/t23?,32?,39-,40-,41+/m1/s1. The van der Waals surface area contributed by atoms with Crippen molar-refractivity contribution in [2.75, 3.05) is 0 Å². The van der Waals surface area contributed by atoms with E-state index in [2.05, 4.69) is 40.7 Å². The molecule has 0 aliphatic heterocycles. The molecule has 0 aromatic heterocycles. The molecule has 0 spiro atoms. The van der Waals surface area contributed by atoms with Gasteiger partial charge in [-0.15, -0.1) is 0 Å². The second-order valence-corrected chi connectivity index (χ2v) is 16.8. The summed E-state index contributed by atoms with van der Waals surface area (Å²) in [7, 11) is 0. The summed E-state index contributed by atoms with van der Waals surface area (Å²) >= 11 is 0. The zero-order chi connectivity index (χ0) is 35.8. The lowest BCUT2D eigenvalue weighted by molar-refractivity contribution is -0.171. The summed E-state index contributed by atoms with van der Waals surface area (Å²) in [5, 5.41) is 47.7. The van der Waals surface area contributed by atoms with E-state index in [0.717, 1.165) is 30.9 Å². The lowest BCUT2D eigenvalue weighted by Gasteiger charge is -2.59. The fraction of sp³-hybridized carbons (Fsp3) is 0.585. The van der Waals surface area contributed by atoms with Crippen molar-refractivity contribution in [2.24, 2.45) is 34.5 Å². The van der Waals surface area contributed by atoms with Gasteiger partial charge in [-0.1, -0.05) is 92.9 Å². The van der Waals surface area contributed by atoms with Crippen LogP contribution in [0.2, 0.25) is 0 Å². The van der Waals surface area contributed by atoms with Crippen LogP contribution in [0, 0.1) is 34.5 Å². The summed E-state index contributed by atoms with van der Waals surface area (Å²) in [6.07, 6.45) is 8.45. The van der Waals surface area contributed by atoms with Crippen molar-refractivity contribution in [3.63, 3.8) is 0 Å². The number of aliphatic hydroxyl groups excluding tert-OH is 2. The van der Waals surface area contributed by atoms with Crippen LogP contribution in [-0.2, 0) is 16.0 Å². The third-order valence-electron chi connectivity index (χ3n) is 11.8. The van der Waals surface area contributed by atoms with Crippen LogP contribution in [0.4, 0.5) is 0 Å². The maximum Gasteiger partial charge on any atom is 0.209 e. The number of fused-ring (bicyclic) bond motifs is 3. The molecule has 7 nitrogen and oxygen atoms in total. The maximum atomic E-state index is 14.7. The quantitative estimate of drug-likeness (QED) is 0.195. The summed E-state index contributed by atoms with van der Waals surface area (Å²) in [5.41, 5.74) is -1.26. The van der Waals surface area contributed by atoms with Gasteiger partial charge in [0, 0.05) is 27.9 Å².